The Hall–Kier alpha value is -2.13. The third kappa shape index (κ3) is 5.67. The Bertz CT molecular complexity index is 498. The summed E-state index contributed by atoms with van der Waals surface area (Å²) in [5, 5.41) is 10.8. The molecule has 5 nitrogen and oxygen atoms in total. The molecule has 1 amide bonds. The van der Waals surface area contributed by atoms with Gasteiger partial charge in [-0.15, -0.1) is 0 Å². The molecule has 0 radical (unpaired) electrons. The third-order valence-corrected chi connectivity index (χ3v) is 2.47. The predicted molar refractivity (Wildman–Crippen MR) is 72.5 cm³/mol. The third-order valence-electron chi connectivity index (χ3n) is 2.47. The Kier molecular flexibility index (Phi) is 6.47. The number of benzene rings is 1. The van der Waals surface area contributed by atoms with Gasteiger partial charge in [-0.05, 0) is 31.0 Å². The Morgan fingerprint density at radius 2 is 2.35 bits per heavy atom. The molecule has 0 aliphatic heterocycles. The van der Waals surface area contributed by atoms with Crippen LogP contribution in [0.4, 0.5) is 4.39 Å². The molecular weight excluding hydrogens is 261 g/mol. The van der Waals surface area contributed by atoms with E-state index in [4.69, 9.17) is 15.7 Å². The van der Waals surface area contributed by atoms with E-state index in [1.54, 1.807) is 6.07 Å². The molecule has 0 fully saturated rings. The van der Waals surface area contributed by atoms with Gasteiger partial charge in [-0.1, -0.05) is 6.07 Å². The first-order valence-corrected chi connectivity index (χ1v) is 6.33. The number of nitrogens with two attached hydrogens (primary N) is 1. The summed E-state index contributed by atoms with van der Waals surface area (Å²) in [5.41, 5.74) is 6.42. The first-order valence-electron chi connectivity index (χ1n) is 6.33. The van der Waals surface area contributed by atoms with E-state index in [0.29, 0.717) is 6.42 Å². The SMILES string of the molecule is CC(N)Cc1ccc(OCC(=O)NCCC#N)c(F)c1. The fourth-order valence-electron chi connectivity index (χ4n) is 1.61. The van der Waals surface area contributed by atoms with Gasteiger partial charge in [0.1, 0.15) is 0 Å². The molecule has 0 saturated carbocycles. The fraction of sp³-hybridized carbons (Fsp3) is 0.429. The van der Waals surface area contributed by atoms with Crippen LogP contribution in [-0.4, -0.2) is 25.1 Å². The standard InChI is InChI=1S/C14H18FN3O2/c1-10(17)7-11-3-4-13(12(15)8-11)20-9-14(19)18-6-2-5-16/h3-4,8,10H,2,6-7,9,17H2,1H3,(H,18,19). The van der Waals surface area contributed by atoms with Gasteiger partial charge in [0.25, 0.3) is 5.91 Å². The number of carbonyl (C=O) groups is 1. The van der Waals surface area contributed by atoms with Gasteiger partial charge in [0.2, 0.25) is 0 Å². The molecule has 1 aromatic carbocycles. The number of rotatable bonds is 7. The van der Waals surface area contributed by atoms with Crippen LogP contribution in [0.5, 0.6) is 5.75 Å². The summed E-state index contributed by atoms with van der Waals surface area (Å²) < 4.78 is 18.8. The molecule has 6 heteroatoms. The Labute approximate surface area is 117 Å². The molecule has 3 N–H and O–H groups in total. The second kappa shape index (κ2) is 8.12. The number of nitrogens with zero attached hydrogens (tertiary/aromatic N) is 1. The van der Waals surface area contributed by atoms with Crippen molar-refractivity contribution < 1.29 is 13.9 Å². The molecule has 0 aromatic heterocycles. The molecule has 0 saturated heterocycles. The second-order valence-electron chi connectivity index (χ2n) is 4.49. The molecule has 1 unspecified atom stereocenters. The van der Waals surface area contributed by atoms with Crippen molar-refractivity contribution in [3.63, 3.8) is 0 Å². The summed E-state index contributed by atoms with van der Waals surface area (Å²) in [6.07, 6.45) is 0.803. The molecule has 0 bridgehead atoms. The Morgan fingerprint density at radius 1 is 1.60 bits per heavy atom. The second-order valence-corrected chi connectivity index (χ2v) is 4.49. The van der Waals surface area contributed by atoms with E-state index in [1.807, 2.05) is 13.0 Å². The summed E-state index contributed by atoms with van der Waals surface area (Å²) in [4.78, 5) is 11.3. The lowest BCUT2D eigenvalue weighted by molar-refractivity contribution is -0.123. The van der Waals surface area contributed by atoms with E-state index in [9.17, 15) is 9.18 Å². The van der Waals surface area contributed by atoms with Gasteiger partial charge in [0.15, 0.2) is 18.2 Å². The van der Waals surface area contributed by atoms with Crippen molar-refractivity contribution in [3.8, 4) is 11.8 Å². The van der Waals surface area contributed by atoms with Gasteiger partial charge < -0.3 is 15.8 Å². The molecule has 1 rings (SSSR count). The van der Waals surface area contributed by atoms with Crippen molar-refractivity contribution >= 4 is 5.91 Å². The van der Waals surface area contributed by atoms with Crippen LogP contribution < -0.4 is 15.8 Å². The summed E-state index contributed by atoms with van der Waals surface area (Å²) in [6.45, 7) is 1.82. The number of hydrogen-bond acceptors (Lipinski definition) is 4. The lowest BCUT2D eigenvalue weighted by Gasteiger charge is -2.10. The molecule has 108 valence electrons. The fourth-order valence-corrected chi connectivity index (χ4v) is 1.61. The van der Waals surface area contributed by atoms with Crippen molar-refractivity contribution in [2.75, 3.05) is 13.2 Å². The van der Waals surface area contributed by atoms with E-state index < -0.39 is 5.82 Å². The van der Waals surface area contributed by atoms with E-state index >= 15 is 0 Å². The molecule has 0 aliphatic rings. The van der Waals surface area contributed by atoms with E-state index in [-0.39, 0.29) is 37.3 Å². The summed E-state index contributed by atoms with van der Waals surface area (Å²) in [5.74, 6) is -0.888. The highest BCUT2D eigenvalue weighted by Crippen LogP contribution is 2.18. The zero-order valence-corrected chi connectivity index (χ0v) is 11.4. The number of halogens is 1. The molecule has 0 spiro atoms. The lowest BCUT2D eigenvalue weighted by atomic mass is 10.1. The molecule has 20 heavy (non-hydrogen) atoms. The zero-order chi connectivity index (χ0) is 15.0. The van der Waals surface area contributed by atoms with Gasteiger partial charge in [-0.2, -0.15) is 5.26 Å². The highest BCUT2D eigenvalue weighted by Gasteiger charge is 2.08. The van der Waals surface area contributed by atoms with Gasteiger partial charge in [0, 0.05) is 12.6 Å². The molecule has 1 atom stereocenters. The van der Waals surface area contributed by atoms with Crippen LogP contribution >= 0.6 is 0 Å². The van der Waals surface area contributed by atoms with Crippen molar-refractivity contribution in [2.24, 2.45) is 5.73 Å². The van der Waals surface area contributed by atoms with Crippen molar-refractivity contribution in [1.29, 1.82) is 5.26 Å². The lowest BCUT2D eigenvalue weighted by Crippen LogP contribution is -2.29. The van der Waals surface area contributed by atoms with E-state index in [2.05, 4.69) is 5.32 Å². The van der Waals surface area contributed by atoms with Crippen molar-refractivity contribution in [1.82, 2.24) is 5.32 Å². The van der Waals surface area contributed by atoms with Gasteiger partial charge in [-0.25, -0.2) is 4.39 Å². The average molecular weight is 279 g/mol. The monoisotopic (exact) mass is 279 g/mol. The van der Waals surface area contributed by atoms with Gasteiger partial charge >= 0.3 is 0 Å². The van der Waals surface area contributed by atoms with Crippen LogP contribution in [0.2, 0.25) is 0 Å². The van der Waals surface area contributed by atoms with Gasteiger partial charge in [-0.3, -0.25) is 4.79 Å². The van der Waals surface area contributed by atoms with Crippen LogP contribution in [-0.2, 0) is 11.2 Å². The first kappa shape index (κ1) is 15.9. The van der Waals surface area contributed by atoms with Crippen LogP contribution in [0.3, 0.4) is 0 Å². The minimum atomic E-state index is -0.520. The Balaban J connectivity index is 2.48. The maximum absolute atomic E-state index is 13.7. The topological polar surface area (TPSA) is 88.1 Å². The van der Waals surface area contributed by atoms with E-state index in [0.717, 1.165) is 5.56 Å². The summed E-state index contributed by atoms with van der Waals surface area (Å²) in [7, 11) is 0. The summed E-state index contributed by atoms with van der Waals surface area (Å²) >= 11 is 0. The number of nitriles is 1. The van der Waals surface area contributed by atoms with Crippen LogP contribution in [0.15, 0.2) is 18.2 Å². The van der Waals surface area contributed by atoms with Gasteiger partial charge in [0.05, 0.1) is 12.5 Å². The highest BCUT2D eigenvalue weighted by atomic mass is 19.1. The predicted octanol–water partition coefficient (Wildman–Crippen LogP) is 1.12. The normalized spacial score (nSPS) is 11.5. The molecular formula is C14H18FN3O2. The van der Waals surface area contributed by atoms with Crippen molar-refractivity contribution in [2.45, 2.75) is 25.8 Å². The smallest absolute Gasteiger partial charge is 0.257 e. The zero-order valence-electron chi connectivity index (χ0n) is 11.4. The number of nitrogens with one attached hydrogen (secondary N) is 1. The average Bonchev–Trinajstić information content (AvgIpc) is 2.37. The van der Waals surface area contributed by atoms with Crippen LogP contribution in [0.25, 0.3) is 0 Å². The maximum atomic E-state index is 13.7. The quantitative estimate of drug-likeness (QED) is 0.732. The van der Waals surface area contributed by atoms with Crippen molar-refractivity contribution in [3.05, 3.63) is 29.6 Å². The van der Waals surface area contributed by atoms with Crippen LogP contribution in [0.1, 0.15) is 18.9 Å². The summed E-state index contributed by atoms with van der Waals surface area (Å²) in [6, 6.07) is 6.41. The number of ether oxygens (including phenoxy) is 1. The Morgan fingerprint density at radius 3 is 2.95 bits per heavy atom. The maximum Gasteiger partial charge on any atom is 0.257 e. The number of carbonyl (C=O) groups excluding carboxylic acids is 1. The van der Waals surface area contributed by atoms with Crippen LogP contribution in [0, 0.1) is 17.1 Å². The molecule has 1 aromatic rings. The number of amides is 1. The van der Waals surface area contributed by atoms with E-state index in [1.165, 1.54) is 12.1 Å². The number of hydrogen-bond donors (Lipinski definition) is 2. The minimum absolute atomic E-state index is 0.0221. The highest BCUT2D eigenvalue weighted by molar-refractivity contribution is 5.77. The first-order chi connectivity index (χ1) is 9.52. The largest absolute Gasteiger partial charge is 0.481 e. The molecule has 0 heterocycles. The molecule has 0 aliphatic carbocycles. The minimum Gasteiger partial charge on any atom is -0.481 e.